The highest BCUT2D eigenvalue weighted by Crippen LogP contribution is 2.26. The Morgan fingerprint density at radius 1 is 1.38 bits per heavy atom. The molecule has 1 nitrogen and oxygen atoms in total. The van der Waals surface area contributed by atoms with Crippen molar-refractivity contribution in [3.8, 4) is 0 Å². The normalized spacial score (nSPS) is 25.6. The quantitative estimate of drug-likeness (QED) is 0.602. The van der Waals surface area contributed by atoms with E-state index in [1.165, 1.54) is 31.5 Å². The van der Waals surface area contributed by atoms with Crippen LogP contribution in [0.5, 0.6) is 0 Å². The molecule has 1 N–H and O–H groups in total. The third-order valence-electron chi connectivity index (χ3n) is 2.50. The van der Waals surface area contributed by atoms with Gasteiger partial charge in [-0.1, -0.05) is 32.9 Å². The van der Waals surface area contributed by atoms with Crippen LogP contribution < -0.4 is 5.32 Å². The molecular formula is C12H21N. The van der Waals surface area contributed by atoms with Crippen LogP contribution in [-0.4, -0.2) is 6.54 Å². The van der Waals surface area contributed by atoms with E-state index in [1.807, 2.05) is 13.8 Å². The molecule has 0 saturated heterocycles. The topological polar surface area (TPSA) is 12.0 Å². The second kappa shape index (κ2) is 5.11. The molecule has 0 aromatic heterocycles. The van der Waals surface area contributed by atoms with Gasteiger partial charge in [0.05, 0.1) is 0 Å². The molecule has 0 aromatic rings. The predicted octanol–water partition coefficient (Wildman–Crippen LogP) is 3.25. The molecule has 0 aromatic carbocycles. The van der Waals surface area contributed by atoms with Crippen LogP contribution in [0.2, 0.25) is 0 Å². The van der Waals surface area contributed by atoms with Crippen LogP contribution >= 0.6 is 0 Å². The number of rotatable bonds is 0. The molecule has 0 saturated carbocycles. The molecule has 0 radical (unpaired) electrons. The van der Waals surface area contributed by atoms with Gasteiger partial charge in [0.25, 0.3) is 0 Å². The lowest BCUT2D eigenvalue weighted by Crippen LogP contribution is -2.24. The van der Waals surface area contributed by atoms with Crippen LogP contribution in [0.1, 0.15) is 40.0 Å². The fraction of sp³-hybridized carbons (Fsp3) is 0.667. The molecular weight excluding hydrogens is 158 g/mol. The molecule has 1 aliphatic heterocycles. The van der Waals surface area contributed by atoms with E-state index in [4.69, 9.17) is 0 Å². The molecule has 0 fully saturated rings. The van der Waals surface area contributed by atoms with Crippen LogP contribution in [0.25, 0.3) is 0 Å². The average molecular weight is 179 g/mol. The maximum atomic E-state index is 3.48. The Bertz CT molecular complexity index is 213. The lowest BCUT2D eigenvalue weighted by Gasteiger charge is -2.25. The van der Waals surface area contributed by atoms with Crippen molar-refractivity contribution in [2.75, 3.05) is 6.54 Å². The number of hydrogen-bond acceptors (Lipinski definition) is 1. The average Bonchev–Trinajstić information content (AvgIpc) is 2.21. The Hall–Kier alpha value is -0.720. The van der Waals surface area contributed by atoms with E-state index >= 15 is 0 Å². The van der Waals surface area contributed by atoms with Crippen molar-refractivity contribution in [3.05, 3.63) is 23.4 Å². The molecule has 1 aliphatic carbocycles. The molecule has 0 amide bonds. The van der Waals surface area contributed by atoms with Gasteiger partial charge in [0.2, 0.25) is 0 Å². The van der Waals surface area contributed by atoms with Crippen molar-refractivity contribution in [2.24, 2.45) is 5.92 Å². The Morgan fingerprint density at radius 3 is 2.92 bits per heavy atom. The third kappa shape index (κ3) is 2.61. The van der Waals surface area contributed by atoms with Crippen molar-refractivity contribution < 1.29 is 0 Å². The van der Waals surface area contributed by atoms with E-state index in [0.29, 0.717) is 0 Å². The first-order valence-electron chi connectivity index (χ1n) is 5.50. The summed E-state index contributed by atoms with van der Waals surface area (Å²) in [5, 5.41) is 3.48. The maximum Gasteiger partial charge on any atom is 0.0147 e. The number of nitrogens with one attached hydrogen (secondary N) is 1. The predicted molar refractivity (Wildman–Crippen MR) is 58.5 cm³/mol. The summed E-state index contributed by atoms with van der Waals surface area (Å²) in [6, 6.07) is 0. The highest BCUT2D eigenvalue weighted by atomic mass is 14.9. The summed E-state index contributed by atoms with van der Waals surface area (Å²) in [7, 11) is 0. The summed E-state index contributed by atoms with van der Waals surface area (Å²) < 4.78 is 0. The van der Waals surface area contributed by atoms with Crippen LogP contribution in [0, 0.1) is 5.92 Å². The zero-order valence-electron chi connectivity index (χ0n) is 9.06. The molecule has 0 bridgehead atoms. The highest BCUT2D eigenvalue weighted by Gasteiger charge is 2.15. The Balaban J connectivity index is 0.000000396. The number of hydrogen-bond donors (Lipinski definition) is 1. The van der Waals surface area contributed by atoms with Crippen molar-refractivity contribution in [2.45, 2.75) is 40.0 Å². The Labute approximate surface area is 81.9 Å². The van der Waals surface area contributed by atoms with E-state index in [0.717, 1.165) is 5.92 Å². The molecule has 1 heteroatoms. The number of allylic oxidation sites excluding steroid dienone is 4. The first kappa shape index (κ1) is 10.4. The van der Waals surface area contributed by atoms with E-state index < -0.39 is 0 Å². The van der Waals surface area contributed by atoms with Gasteiger partial charge in [-0.3, -0.25) is 0 Å². The molecule has 1 atom stereocenters. The van der Waals surface area contributed by atoms with Crippen molar-refractivity contribution in [3.63, 3.8) is 0 Å². The van der Waals surface area contributed by atoms with Gasteiger partial charge in [-0.15, -0.1) is 0 Å². The Morgan fingerprint density at radius 2 is 2.15 bits per heavy atom. The monoisotopic (exact) mass is 179 g/mol. The summed E-state index contributed by atoms with van der Waals surface area (Å²) in [5.74, 6) is 0.736. The molecule has 0 spiro atoms. The molecule has 1 unspecified atom stereocenters. The largest absolute Gasteiger partial charge is 0.388 e. The highest BCUT2D eigenvalue weighted by molar-refractivity contribution is 5.31. The molecule has 13 heavy (non-hydrogen) atoms. The van der Waals surface area contributed by atoms with Crippen LogP contribution in [0.4, 0.5) is 0 Å². The van der Waals surface area contributed by atoms with Gasteiger partial charge in [0.1, 0.15) is 0 Å². The van der Waals surface area contributed by atoms with Gasteiger partial charge in [-0.2, -0.15) is 0 Å². The first-order chi connectivity index (χ1) is 6.36. The third-order valence-corrected chi connectivity index (χ3v) is 2.50. The zero-order valence-corrected chi connectivity index (χ0v) is 9.06. The van der Waals surface area contributed by atoms with Crippen molar-refractivity contribution in [1.29, 1.82) is 0 Å². The fourth-order valence-electron chi connectivity index (χ4n) is 1.84. The molecule has 1 heterocycles. The SMILES string of the molecule is CC.CC1C=CC2=C(C1)NCCC2. The second-order valence-corrected chi connectivity index (χ2v) is 3.57. The van der Waals surface area contributed by atoms with E-state index in [1.54, 1.807) is 5.57 Å². The van der Waals surface area contributed by atoms with Gasteiger partial charge in [0.15, 0.2) is 0 Å². The smallest absolute Gasteiger partial charge is 0.0147 e. The molecule has 2 rings (SSSR count). The fourth-order valence-corrected chi connectivity index (χ4v) is 1.84. The molecule has 2 aliphatic rings. The van der Waals surface area contributed by atoms with Gasteiger partial charge in [-0.05, 0) is 30.8 Å². The van der Waals surface area contributed by atoms with Gasteiger partial charge < -0.3 is 5.32 Å². The minimum Gasteiger partial charge on any atom is -0.388 e. The first-order valence-corrected chi connectivity index (χ1v) is 5.50. The van der Waals surface area contributed by atoms with Crippen LogP contribution in [-0.2, 0) is 0 Å². The molecule has 74 valence electrons. The standard InChI is InChI=1S/C10H15N.C2H6/c1-8-4-5-9-3-2-6-11-10(9)7-8;1-2/h4-5,8,11H,2-3,6-7H2,1H3;1-2H3. The van der Waals surface area contributed by atoms with Crippen molar-refractivity contribution in [1.82, 2.24) is 5.32 Å². The zero-order chi connectivity index (χ0) is 9.68. The summed E-state index contributed by atoms with van der Waals surface area (Å²) in [6.45, 7) is 7.45. The van der Waals surface area contributed by atoms with E-state index in [2.05, 4.69) is 24.4 Å². The van der Waals surface area contributed by atoms with Gasteiger partial charge >= 0.3 is 0 Å². The van der Waals surface area contributed by atoms with E-state index in [-0.39, 0.29) is 0 Å². The lowest BCUT2D eigenvalue weighted by molar-refractivity contribution is 0.582. The van der Waals surface area contributed by atoms with Crippen molar-refractivity contribution >= 4 is 0 Å². The minimum absolute atomic E-state index is 0.736. The second-order valence-electron chi connectivity index (χ2n) is 3.57. The van der Waals surface area contributed by atoms with E-state index in [9.17, 15) is 0 Å². The van der Waals surface area contributed by atoms with Gasteiger partial charge in [-0.25, -0.2) is 0 Å². The Kier molecular flexibility index (Phi) is 4.07. The van der Waals surface area contributed by atoms with Crippen LogP contribution in [0.15, 0.2) is 23.4 Å². The summed E-state index contributed by atoms with van der Waals surface area (Å²) in [5.41, 5.74) is 3.06. The van der Waals surface area contributed by atoms with Crippen LogP contribution in [0.3, 0.4) is 0 Å². The summed E-state index contributed by atoms with van der Waals surface area (Å²) >= 11 is 0. The summed E-state index contributed by atoms with van der Waals surface area (Å²) in [6.07, 6.45) is 8.44. The summed E-state index contributed by atoms with van der Waals surface area (Å²) in [4.78, 5) is 0. The van der Waals surface area contributed by atoms with Gasteiger partial charge in [0, 0.05) is 12.2 Å². The lowest BCUT2D eigenvalue weighted by atomic mass is 9.91. The minimum atomic E-state index is 0.736. The maximum absolute atomic E-state index is 3.48.